The van der Waals surface area contributed by atoms with E-state index in [1.807, 2.05) is 36.4 Å². The van der Waals surface area contributed by atoms with Crippen LogP contribution in [0.15, 0.2) is 54.6 Å². The van der Waals surface area contributed by atoms with Crippen LogP contribution < -0.4 is 4.74 Å². The van der Waals surface area contributed by atoms with Gasteiger partial charge in [0, 0.05) is 6.08 Å². The molecule has 0 saturated carbocycles. The summed E-state index contributed by atoms with van der Waals surface area (Å²) < 4.78 is 10.3. The predicted octanol–water partition coefficient (Wildman–Crippen LogP) is 3.76. The van der Waals surface area contributed by atoms with E-state index >= 15 is 0 Å². The Morgan fingerprint density at radius 3 is 2.57 bits per heavy atom. The third-order valence-electron chi connectivity index (χ3n) is 2.98. The van der Waals surface area contributed by atoms with Crippen LogP contribution in [0.3, 0.4) is 0 Å². The zero-order valence-corrected chi connectivity index (χ0v) is 12.2. The highest BCUT2D eigenvalue weighted by Gasteiger charge is 1.97. The molecular formula is C18H18O3. The number of benzene rings is 2. The molecular weight excluding hydrogens is 264 g/mol. The largest absolute Gasteiger partial charge is 0.489 e. The first-order valence-corrected chi connectivity index (χ1v) is 6.72. The van der Waals surface area contributed by atoms with Gasteiger partial charge in [0.1, 0.15) is 12.4 Å². The zero-order valence-electron chi connectivity index (χ0n) is 12.2. The Balaban J connectivity index is 1.93. The molecule has 0 N–H and O–H groups in total. The van der Waals surface area contributed by atoms with Gasteiger partial charge < -0.3 is 9.47 Å². The highest BCUT2D eigenvalue weighted by molar-refractivity contribution is 5.86. The van der Waals surface area contributed by atoms with Crippen molar-refractivity contribution in [1.29, 1.82) is 0 Å². The van der Waals surface area contributed by atoms with Crippen LogP contribution in [-0.2, 0) is 16.1 Å². The van der Waals surface area contributed by atoms with Crippen LogP contribution in [0.1, 0.15) is 16.7 Å². The lowest BCUT2D eigenvalue weighted by molar-refractivity contribution is -0.134. The summed E-state index contributed by atoms with van der Waals surface area (Å²) in [5, 5.41) is 0. The van der Waals surface area contributed by atoms with Crippen molar-refractivity contribution in [2.24, 2.45) is 0 Å². The van der Waals surface area contributed by atoms with E-state index in [1.54, 1.807) is 6.08 Å². The maximum atomic E-state index is 11.0. The molecule has 0 heterocycles. The summed E-state index contributed by atoms with van der Waals surface area (Å²) >= 11 is 0. The summed E-state index contributed by atoms with van der Waals surface area (Å²) in [6.45, 7) is 2.60. The Morgan fingerprint density at radius 1 is 1.14 bits per heavy atom. The van der Waals surface area contributed by atoms with Crippen molar-refractivity contribution in [2.45, 2.75) is 13.5 Å². The third-order valence-corrected chi connectivity index (χ3v) is 2.98. The third kappa shape index (κ3) is 4.80. The average Bonchev–Trinajstić information content (AvgIpc) is 2.51. The standard InChI is InChI=1S/C18H18O3/c1-14-4-3-5-16(12-14)13-21-17-9-6-15(7-10-17)8-11-18(19)20-2/h3-12H,13H2,1-2H3/b11-8+. The van der Waals surface area contributed by atoms with Crippen molar-refractivity contribution in [3.63, 3.8) is 0 Å². The van der Waals surface area contributed by atoms with Crippen molar-refractivity contribution in [3.05, 3.63) is 71.3 Å². The lowest BCUT2D eigenvalue weighted by Gasteiger charge is -2.07. The van der Waals surface area contributed by atoms with E-state index in [2.05, 4.69) is 23.8 Å². The van der Waals surface area contributed by atoms with Crippen LogP contribution in [0.4, 0.5) is 0 Å². The topological polar surface area (TPSA) is 35.5 Å². The SMILES string of the molecule is COC(=O)/C=C/c1ccc(OCc2cccc(C)c2)cc1. The van der Waals surface area contributed by atoms with Gasteiger partial charge in [0.2, 0.25) is 0 Å². The normalized spacial score (nSPS) is 10.6. The van der Waals surface area contributed by atoms with Crippen molar-refractivity contribution in [1.82, 2.24) is 0 Å². The number of rotatable bonds is 5. The van der Waals surface area contributed by atoms with Gasteiger partial charge in [-0.15, -0.1) is 0 Å². The quantitative estimate of drug-likeness (QED) is 0.618. The van der Waals surface area contributed by atoms with E-state index in [-0.39, 0.29) is 5.97 Å². The molecule has 0 atom stereocenters. The smallest absolute Gasteiger partial charge is 0.330 e. The molecule has 0 unspecified atom stereocenters. The molecule has 0 spiro atoms. The fourth-order valence-corrected chi connectivity index (χ4v) is 1.88. The highest BCUT2D eigenvalue weighted by atomic mass is 16.5. The van der Waals surface area contributed by atoms with E-state index in [0.29, 0.717) is 6.61 Å². The minimum absolute atomic E-state index is 0.366. The Kier molecular flexibility index (Phi) is 5.16. The van der Waals surface area contributed by atoms with Crippen LogP contribution in [0.5, 0.6) is 5.75 Å². The summed E-state index contributed by atoms with van der Waals surface area (Å²) in [7, 11) is 1.36. The summed E-state index contributed by atoms with van der Waals surface area (Å²) in [5.74, 6) is 0.432. The summed E-state index contributed by atoms with van der Waals surface area (Å²) in [6, 6.07) is 15.8. The molecule has 3 heteroatoms. The van der Waals surface area contributed by atoms with Gasteiger partial charge in [-0.3, -0.25) is 0 Å². The molecule has 3 nitrogen and oxygen atoms in total. The van der Waals surface area contributed by atoms with Gasteiger partial charge in [-0.1, -0.05) is 42.0 Å². The van der Waals surface area contributed by atoms with E-state index in [4.69, 9.17) is 4.74 Å². The minimum atomic E-state index is -0.366. The number of aryl methyl sites for hydroxylation is 1. The first-order valence-electron chi connectivity index (χ1n) is 6.72. The van der Waals surface area contributed by atoms with Crippen molar-refractivity contribution < 1.29 is 14.3 Å². The van der Waals surface area contributed by atoms with E-state index < -0.39 is 0 Å². The molecule has 0 saturated heterocycles. The first-order chi connectivity index (χ1) is 10.2. The first kappa shape index (κ1) is 14.9. The molecule has 2 aromatic rings. The highest BCUT2D eigenvalue weighted by Crippen LogP contribution is 2.15. The van der Waals surface area contributed by atoms with E-state index in [9.17, 15) is 4.79 Å². The van der Waals surface area contributed by atoms with Gasteiger partial charge in [0.25, 0.3) is 0 Å². The van der Waals surface area contributed by atoms with Crippen molar-refractivity contribution in [3.8, 4) is 5.75 Å². The monoisotopic (exact) mass is 282 g/mol. The second-order valence-electron chi connectivity index (χ2n) is 4.70. The van der Waals surface area contributed by atoms with Gasteiger partial charge in [0.15, 0.2) is 0 Å². The fraction of sp³-hybridized carbons (Fsp3) is 0.167. The maximum Gasteiger partial charge on any atom is 0.330 e. The van der Waals surface area contributed by atoms with Crippen LogP contribution >= 0.6 is 0 Å². The molecule has 0 bridgehead atoms. The van der Waals surface area contributed by atoms with Crippen LogP contribution in [-0.4, -0.2) is 13.1 Å². The van der Waals surface area contributed by atoms with Gasteiger partial charge in [-0.05, 0) is 36.3 Å². The Hall–Kier alpha value is -2.55. The molecule has 0 amide bonds. The molecule has 2 rings (SSSR count). The molecule has 0 aromatic heterocycles. The van der Waals surface area contributed by atoms with Gasteiger partial charge in [-0.25, -0.2) is 4.79 Å². The molecule has 108 valence electrons. The number of ether oxygens (including phenoxy) is 2. The predicted molar refractivity (Wildman–Crippen MR) is 83.0 cm³/mol. The maximum absolute atomic E-state index is 11.0. The summed E-state index contributed by atoms with van der Waals surface area (Å²) in [4.78, 5) is 11.0. The summed E-state index contributed by atoms with van der Waals surface area (Å²) in [5.41, 5.74) is 3.28. The van der Waals surface area contributed by atoms with Gasteiger partial charge in [-0.2, -0.15) is 0 Å². The lowest BCUT2D eigenvalue weighted by Crippen LogP contribution is -1.95. The molecule has 0 aliphatic rings. The van der Waals surface area contributed by atoms with Gasteiger partial charge >= 0.3 is 5.97 Å². The van der Waals surface area contributed by atoms with Crippen molar-refractivity contribution >= 4 is 12.0 Å². The zero-order chi connectivity index (χ0) is 15.1. The number of hydrogen-bond donors (Lipinski definition) is 0. The number of carbonyl (C=O) groups excluding carboxylic acids is 1. The van der Waals surface area contributed by atoms with Crippen LogP contribution in [0.25, 0.3) is 6.08 Å². The van der Waals surface area contributed by atoms with E-state index in [0.717, 1.165) is 16.9 Å². The second kappa shape index (κ2) is 7.29. The lowest BCUT2D eigenvalue weighted by atomic mass is 10.1. The number of hydrogen-bond acceptors (Lipinski definition) is 3. The second-order valence-corrected chi connectivity index (χ2v) is 4.70. The average molecular weight is 282 g/mol. The molecule has 0 radical (unpaired) electrons. The molecule has 0 aliphatic heterocycles. The number of esters is 1. The molecule has 0 fully saturated rings. The number of carbonyl (C=O) groups is 1. The molecule has 21 heavy (non-hydrogen) atoms. The minimum Gasteiger partial charge on any atom is -0.489 e. The molecule has 2 aromatic carbocycles. The molecule has 0 aliphatic carbocycles. The Bertz CT molecular complexity index is 627. The summed E-state index contributed by atoms with van der Waals surface area (Å²) in [6.07, 6.45) is 3.10. The Morgan fingerprint density at radius 2 is 1.90 bits per heavy atom. The number of methoxy groups -OCH3 is 1. The van der Waals surface area contributed by atoms with E-state index in [1.165, 1.54) is 18.7 Å². The van der Waals surface area contributed by atoms with Crippen LogP contribution in [0.2, 0.25) is 0 Å². The van der Waals surface area contributed by atoms with Crippen molar-refractivity contribution in [2.75, 3.05) is 7.11 Å². The van der Waals surface area contributed by atoms with Gasteiger partial charge in [0.05, 0.1) is 7.11 Å². The fourth-order valence-electron chi connectivity index (χ4n) is 1.88. The van der Waals surface area contributed by atoms with Crippen LogP contribution in [0, 0.1) is 6.92 Å². The Labute approximate surface area is 124 Å².